The molecule has 2 heteroatoms. The van der Waals surface area contributed by atoms with Crippen LogP contribution in [0.4, 0.5) is 0 Å². The van der Waals surface area contributed by atoms with Crippen molar-refractivity contribution >= 4 is 8.80 Å². The summed E-state index contributed by atoms with van der Waals surface area (Å²) in [4.78, 5) is 0. The smallest absolute Gasteiger partial charge is 0.0379 e. The van der Waals surface area contributed by atoms with Gasteiger partial charge in [0.1, 0.15) is 0 Å². The quantitative estimate of drug-likeness (QED) is 0.450. The van der Waals surface area contributed by atoms with Crippen molar-refractivity contribution in [2.24, 2.45) is 0 Å². The Kier molecular flexibility index (Phi) is 22.7. The first kappa shape index (κ1) is 21.1. The van der Waals surface area contributed by atoms with Gasteiger partial charge in [-0.1, -0.05) is 19.6 Å². The van der Waals surface area contributed by atoms with E-state index in [1.807, 2.05) is 60.7 Å². The molecule has 0 aromatic heterocycles. The zero-order valence-electron chi connectivity index (χ0n) is 10.8. The van der Waals surface area contributed by atoms with E-state index in [0.717, 1.165) is 0 Å². The molecule has 0 atom stereocenters. The molecule has 2 aromatic carbocycles. The molecule has 0 saturated heterocycles. The molecule has 0 bridgehead atoms. The van der Waals surface area contributed by atoms with Crippen molar-refractivity contribution in [1.82, 2.24) is 0 Å². The maximum absolute atomic E-state index is 2.27. The summed E-state index contributed by atoms with van der Waals surface area (Å²) < 4.78 is 0. The largest absolute Gasteiger partial charge is 0.358 e. The van der Waals surface area contributed by atoms with Crippen molar-refractivity contribution in [2.75, 3.05) is 0 Å². The van der Waals surface area contributed by atoms with Crippen LogP contribution in [0.25, 0.3) is 0 Å². The van der Waals surface area contributed by atoms with Gasteiger partial charge in [0.05, 0.1) is 0 Å². The molecule has 0 aliphatic heterocycles. The monoisotopic (exact) mass is 398 g/mol. The van der Waals surface area contributed by atoms with E-state index in [0.29, 0.717) is 0 Å². The predicted octanol–water partition coefficient (Wildman–Crippen LogP) is 4.63. The number of hydrogen-bond acceptors (Lipinski definition) is 0. The van der Waals surface area contributed by atoms with Crippen LogP contribution in [0.15, 0.2) is 60.7 Å². The molecule has 1 radical (unpaired) electrons. The Labute approximate surface area is 122 Å². The van der Waals surface area contributed by atoms with Crippen LogP contribution in [0.2, 0.25) is 19.6 Å². The van der Waals surface area contributed by atoms with E-state index >= 15 is 0 Å². The van der Waals surface area contributed by atoms with Gasteiger partial charge in [-0.3, -0.25) is 0 Å². The summed E-state index contributed by atoms with van der Waals surface area (Å²) in [7, 11) is 0.120. The van der Waals surface area contributed by atoms with Crippen LogP contribution in [0.3, 0.4) is 0 Å². The Morgan fingerprint density at radius 1 is 0.688 bits per heavy atom. The van der Waals surface area contributed by atoms with E-state index in [-0.39, 0.29) is 42.1 Å². The summed E-state index contributed by atoms with van der Waals surface area (Å²) in [6.07, 6.45) is 0. The second kappa shape index (κ2) is 17.2. The zero-order valence-corrected chi connectivity index (χ0v) is 15.4. The molecule has 0 N–H and O–H groups in total. The van der Waals surface area contributed by atoms with Gasteiger partial charge < -0.3 is 7.43 Å². The molecule has 0 saturated carbocycles. The normalized spacial score (nSPS) is 7.25. The minimum absolute atomic E-state index is 0. The second-order valence-corrected chi connectivity index (χ2v) is 6.42. The number of rotatable bonds is 0. The Morgan fingerprint density at radius 2 is 0.875 bits per heavy atom. The van der Waals surface area contributed by atoms with Crippen LogP contribution in [-0.4, -0.2) is 8.80 Å². The standard InChI is InChI=1S/2C5H5.C3H9Si.CH3.Hf/c2*1-2-4-5-3-1;1-4(2)3;;/h2*1-5H;1-3H3;1H3;/q2*-1;;-1;. The molecule has 89 valence electrons. The Balaban J connectivity index is -0.000000151. The first-order valence-electron chi connectivity index (χ1n) is 4.83. The summed E-state index contributed by atoms with van der Waals surface area (Å²) in [5.74, 6) is 0. The zero-order chi connectivity index (χ0) is 10.6. The average Bonchev–Trinajstić information content (AvgIpc) is 2.83. The molecule has 16 heavy (non-hydrogen) atoms. The van der Waals surface area contributed by atoms with Gasteiger partial charge in [-0.2, -0.15) is 36.4 Å². The molecular formula is C14H22HfSi-3. The Morgan fingerprint density at radius 3 is 0.938 bits per heavy atom. The van der Waals surface area contributed by atoms with Gasteiger partial charge in [0, 0.05) is 34.6 Å². The average molecular weight is 397 g/mol. The van der Waals surface area contributed by atoms with Crippen molar-refractivity contribution in [1.29, 1.82) is 0 Å². The minimum atomic E-state index is 0. The van der Waals surface area contributed by atoms with E-state index in [2.05, 4.69) is 19.6 Å². The van der Waals surface area contributed by atoms with Crippen LogP contribution in [-0.2, 0) is 25.8 Å². The van der Waals surface area contributed by atoms with Gasteiger partial charge in [-0.15, -0.1) is 0 Å². The molecule has 0 heterocycles. The second-order valence-electron chi connectivity index (χ2n) is 3.42. The van der Waals surface area contributed by atoms with Gasteiger partial charge in [-0.05, 0) is 0 Å². The molecule has 2 rings (SSSR count). The van der Waals surface area contributed by atoms with Crippen LogP contribution in [0.1, 0.15) is 0 Å². The summed E-state index contributed by atoms with van der Waals surface area (Å²) in [5, 5.41) is 0. The van der Waals surface area contributed by atoms with Gasteiger partial charge in [0.25, 0.3) is 0 Å². The third-order valence-corrected chi connectivity index (χ3v) is 1.11. The van der Waals surface area contributed by atoms with Gasteiger partial charge >= 0.3 is 0 Å². The molecule has 0 aliphatic rings. The van der Waals surface area contributed by atoms with Crippen molar-refractivity contribution in [3.05, 3.63) is 68.1 Å². The van der Waals surface area contributed by atoms with Gasteiger partial charge in [-0.25, -0.2) is 24.3 Å². The summed E-state index contributed by atoms with van der Waals surface area (Å²) in [6.45, 7) is 6.81. The predicted molar refractivity (Wildman–Crippen MR) is 73.8 cm³/mol. The molecule has 2 aromatic rings. The van der Waals surface area contributed by atoms with Crippen LogP contribution >= 0.6 is 0 Å². The number of hydrogen-bond donors (Lipinski definition) is 0. The van der Waals surface area contributed by atoms with Crippen LogP contribution in [0, 0.1) is 7.43 Å². The molecule has 0 nitrogen and oxygen atoms in total. The first-order chi connectivity index (χ1) is 6.73. The molecule has 0 spiro atoms. The third kappa shape index (κ3) is 23.5. The summed E-state index contributed by atoms with van der Waals surface area (Å²) in [6, 6.07) is 20.0. The van der Waals surface area contributed by atoms with Crippen molar-refractivity contribution < 1.29 is 25.8 Å². The minimum Gasteiger partial charge on any atom is -0.358 e. The maximum Gasteiger partial charge on any atom is 0.0379 e. The fourth-order valence-corrected chi connectivity index (χ4v) is 0.642. The SMILES string of the molecule is C[Si](C)C.[CH3-].[Hf].c1cc[cH-]c1.c1cc[cH-]c1. The Hall–Kier alpha value is -0.213. The molecule has 0 amide bonds. The van der Waals surface area contributed by atoms with E-state index in [9.17, 15) is 0 Å². The molecule has 0 unspecified atom stereocenters. The fourth-order valence-electron chi connectivity index (χ4n) is 0.642. The summed E-state index contributed by atoms with van der Waals surface area (Å²) in [5.41, 5.74) is 0. The van der Waals surface area contributed by atoms with E-state index in [4.69, 9.17) is 0 Å². The summed E-state index contributed by atoms with van der Waals surface area (Å²) >= 11 is 0. The Bertz CT molecular complexity index is 183. The van der Waals surface area contributed by atoms with Crippen molar-refractivity contribution in [3.63, 3.8) is 0 Å². The van der Waals surface area contributed by atoms with E-state index in [1.54, 1.807) is 0 Å². The van der Waals surface area contributed by atoms with Gasteiger partial charge in [0.15, 0.2) is 0 Å². The third-order valence-electron chi connectivity index (χ3n) is 1.11. The molecule has 0 aliphatic carbocycles. The van der Waals surface area contributed by atoms with Crippen molar-refractivity contribution in [2.45, 2.75) is 19.6 Å². The fraction of sp³-hybridized carbons (Fsp3) is 0.214. The molecular weight excluding hydrogens is 375 g/mol. The van der Waals surface area contributed by atoms with E-state index in [1.165, 1.54) is 0 Å². The maximum atomic E-state index is 2.27. The topological polar surface area (TPSA) is 0 Å². The van der Waals surface area contributed by atoms with Crippen molar-refractivity contribution in [3.8, 4) is 0 Å². The van der Waals surface area contributed by atoms with Crippen LogP contribution in [0.5, 0.6) is 0 Å². The first-order valence-corrected chi connectivity index (χ1v) is 7.83. The molecule has 0 fully saturated rings. The van der Waals surface area contributed by atoms with Crippen LogP contribution < -0.4 is 0 Å². The van der Waals surface area contributed by atoms with Gasteiger partial charge in [0.2, 0.25) is 0 Å². The van der Waals surface area contributed by atoms with E-state index < -0.39 is 0 Å².